The number of nitrogens with one attached hydrogen (secondary N) is 3. The van der Waals surface area contributed by atoms with Crippen LogP contribution in [-0.4, -0.2) is 25.6 Å². The molecule has 0 amide bonds. The normalized spacial score (nSPS) is 11.1. The van der Waals surface area contributed by atoms with Crippen molar-refractivity contribution in [1.29, 1.82) is 0 Å². The number of anilines is 5. The number of non-ortho nitro benzene ring substituents is 1. The molecule has 0 spiro atoms. The third-order valence-corrected chi connectivity index (χ3v) is 5.11. The number of para-hydroxylation sites is 1. The fourth-order valence-corrected chi connectivity index (χ4v) is 3.29. The highest BCUT2D eigenvalue weighted by atomic mass is 16.6. The second-order valence-corrected chi connectivity index (χ2v) is 7.85. The number of nitro groups is 1. The average molecular weight is 469 g/mol. The number of aromatic nitrogens is 3. The first-order chi connectivity index (χ1) is 16.9. The predicted molar refractivity (Wildman–Crippen MR) is 138 cm³/mol. The fraction of sp³-hybridized carbons (Fsp3) is 0.120. The van der Waals surface area contributed by atoms with Crippen molar-refractivity contribution in [2.45, 2.75) is 20.8 Å². The Balaban J connectivity index is 1.61. The molecule has 0 saturated heterocycles. The second kappa shape index (κ2) is 10.4. The number of nitrogens with zero attached hydrogens (tertiary/aromatic N) is 5. The summed E-state index contributed by atoms with van der Waals surface area (Å²) >= 11 is 0. The van der Waals surface area contributed by atoms with Crippen LogP contribution in [0.25, 0.3) is 0 Å². The van der Waals surface area contributed by atoms with Gasteiger partial charge in [0.15, 0.2) is 0 Å². The van der Waals surface area contributed by atoms with Gasteiger partial charge in [-0.15, -0.1) is 0 Å². The van der Waals surface area contributed by atoms with Gasteiger partial charge < -0.3 is 10.6 Å². The number of hydrogen-bond acceptors (Lipinski definition) is 9. The van der Waals surface area contributed by atoms with Gasteiger partial charge in [-0.2, -0.15) is 20.1 Å². The summed E-state index contributed by atoms with van der Waals surface area (Å²) < 4.78 is 0. The van der Waals surface area contributed by atoms with Crippen molar-refractivity contribution in [2.75, 3.05) is 16.1 Å². The Labute approximate surface area is 202 Å². The second-order valence-electron chi connectivity index (χ2n) is 7.85. The molecule has 0 bridgehead atoms. The Morgan fingerprint density at radius 2 is 1.51 bits per heavy atom. The largest absolute Gasteiger partial charge is 0.324 e. The van der Waals surface area contributed by atoms with Crippen molar-refractivity contribution in [3.05, 3.63) is 99.6 Å². The van der Waals surface area contributed by atoms with Crippen molar-refractivity contribution >= 4 is 40.6 Å². The van der Waals surface area contributed by atoms with E-state index in [-0.39, 0.29) is 11.6 Å². The zero-order valence-electron chi connectivity index (χ0n) is 19.5. The molecule has 10 nitrogen and oxygen atoms in total. The van der Waals surface area contributed by atoms with Crippen LogP contribution in [0.5, 0.6) is 0 Å². The highest BCUT2D eigenvalue weighted by molar-refractivity contribution is 5.99. The Hall–Kier alpha value is -4.86. The Bertz CT molecular complexity index is 1370. The topological polar surface area (TPSA) is 130 Å². The number of benzene rings is 3. The van der Waals surface area contributed by atoms with Gasteiger partial charge in [0.2, 0.25) is 17.8 Å². The summed E-state index contributed by atoms with van der Waals surface area (Å²) in [6.45, 7) is 5.83. The molecule has 0 radical (unpaired) electrons. The van der Waals surface area contributed by atoms with Gasteiger partial charge >= 0.3 is 0 Å². The Kier molecular flexibility index (Phi) is 6.91. The molecule has 0 fully saturated rings. The SMILES string of the molecule is C/C(=N\Nc1nc(Nc2ccccc2)nc(Nc2ccc(C)cc2C)n1)c1ccc([N+](=O)[O-])cc1. The lowest BCUT2D eigenvalue weighted by atomic mass is 10.1. The minimum absolute atomic E-state index is 0.0192. The minimum atomic E-state index is -0.440. The monoisotopic (exact) mass is 468 g/mol. The van der Waals surface area contributed by atoms with Gasteiger partial charge in [-0.25, -0.2) is 5.43 Å². The lowest BCUT2D eigenvalue weighted by molar-refractivity contribution is -0.384. The molecule has 0 atom stereocenters. The molecule has 3 N–H and O–H groups in total. The molecule has 0 aliphatic carbocycles. The van der Waals surface area contributed by atoms with Gasteiger partial charge in [-0.1, -0.05) is 35.9 Å². The van der Waals surface area contributed by atoms with Crippen molar-refractivity contribution in [2.24, 2.45) is 5.10 Å². The van der Waals surface area contributed by atoms with Crippen LogP contribution in [0.2, 0.25) is 0 Å². The predicted octanol–water partition coefficient (Wildman–Crippen LogP) is 5.72. The molecular formula is C25H24N8O2. The van der Waals surface area contributed by atoms with Crippen LogP contribution in [0.1, 0.15) is 23.6 Å². The lowest BCUT2D eigenvalue weighted by Crippen LogP contribution is -2.09. The van der Waals surface area contributed by atoms with E-state index in [0.29, 0.717) is 17.6 Å². The number of rotatable bonds is 8. The van der Waals surface area contributed by atoms with E-state index in [1.807, 2.05) is 56.3 Å². The summed E-state index contributed by atoms with van der Waals surface area (Å²) in [4.78, 5) is 23.8. The number of hydrogen-bond donors (Lipinski definition) is 3. The summed E-state index contributed by atoms with van der Waals surface area (Å²) in [5, 5.41) is 21.7. The molecule has 176 valence electrons. The standard InChI is InChI=1S/C25H24N8O2/c1-16-9-14-22(17(2)15-16)27-24-28-23(26-20-7-5-4-6-8-20)29-25(30-24)32-31-18(3)19-10-12-21(13-11-19)33(34)35/h4-15H,1-3H3,(H3,26,27,28,29,30,32)/b31-18+. The zero-order valence-corrected chi connectivity index (χ0v) is 19.5. The molecule has 0 aliphatic rings. The maximum Gasteiger partial charge on any atom is 0.269 e. The first-order valence-corrected chi connectivity index (χ1v) is 10.8. The maximum atomic E-state index is 10.9. The Morgan fingerprint density at radius 3 is 2.17 bits per heavy atom. The molecule has 0 unspecified atom stereocenters. The van der Waals surface area contributed by atoms with Crippen LogP contribution >= 0.6 is 0 Å². The van der Waals surface area contributed by atoms with Crippen molar-refractivity contribution in [3.63, 3.8) is 0 Å². The molecule has 1 heterocycles. The minimum Gasteiger partial charge on any atom is -0.324 e. The number of hydrazone groups is 1. The number of nitro benzene ring substituents is 1. The third-order valence-electron chi connectivity index (χ3n) is 5.11. The third kappa shape index (κ3) is 6.14. The molecule has 1 aromatic heterocycles. The maximum absolute atomic E-state index is 10.9. The summed E-state index contributed by atoms with van der Waals surface area (Å²) in [5.74, 6) is 0.909. The fourth-order valence-electron chi connectivity index (χ4n) is 3.29. The molecule has 3 aromatic carbocycles. The first kappa shape index (κ1) is 23.3. The van der Waals surface area contributed by atoms with Crippen molar-refractivity contribution in [1.82, 2.24) is 15.0 Å². The molecule has 10 heteroatoms. The lowest BCUT2D eigenvalue weighted by Gasteiger charge is -2.12. The van der Waals surface area contributed by atoms with E-state index in [0.717, 1.165) is 28.1 Å². The molecular weight excluding hydrogens is 444 g/mol. The zero-order chi connectivity index (χ0) is 24.8. The van der Waals surface area contributed by atoms with E-state index in [9.17, 15) is 10.1 Å². The van der Waals surface area contributed by atoms with E-state index < -0.39 is 4.92 Å². The van der Waals surface area contributed by atoms with Gasteiger partial charge in [0, 0.05) is 23.5 Å². The summed E-state index contributed by atoms with van der Waals surface area (Å²) in [5.41, 5.74) is 8.16. The van der Waals surface area contributed by atoms with Crippen molar-refractivity contribution < 1.29 is 4.92 Å². The van der Waals surface area contributed by atoms with Gasteiger partial charge in [0.25, 0.3) is 5.69 Å². The molecule has 0 aliphatic heterocycles. The van der Waals surface area contributed by atoms with Crippen LogP contribution in [-0.2, 0) is 0 Å². The highest BCUT2D eigenvalue weighted by Crippen LogP contribution is 2.22. The number of aryl methyl sites for hydroxylation is 2. The highest BCUT2D eigenvalue weighted by Gasteiger charge is 2.10. The summed E-state index contributed by atoms with van der Waals surface area (Å²) in [7, 11) is 0. The first-order valence-electron chi connectivity index (χ1n) is 10.8. The van der Waals surface area contributed by atoms with E-state index in [1.165, 1.54) is 12.1 Å². The van der Waals surface area contributed by atoms with Gasteiger partial charge in [-0.05, 0) is 62.2 Å². The van der Waals surface area contributed by atoms with Crippen LogP contribution in [0.15, 0.2) is 77.9 Å². The molecule has 0 saturated carbocycles. The molecule has 4 rings (SSSR count). The van der Waals surface area contributed by atoms with Crippen LogP contribution in [0, 0.1) is 24.0 Å². The van der Waals surface area contributed by atoms with Gasteiger partial charge in [0.1, 0.15) is 0 Å². The van der Waals surface area contributed by atoms with E-state index >= 15 is 0 Å². The van der Waals surface area contributed by atoms with Gasteiger partial charge in [0.05, 0.1) is 10.6 Å². The van der Waals surface area contributed by atoms with Crippen LogP contribution in [0.4, 0.5) is 34.9 Å². The van der Waals surface area contributed by atoms with Gasteiger partial charge in [-0.3, -0.25) is 10.1 Å². The van der Waals surface area contributed by atoms with E-state index in [1.54, 1.807) is 19.1 Å². The Morgan fingerprint density at radius 1 is 0.857 bits per heavy atom. The van der Waals surface area contributed by atoms with E-state index in [4.69, 9.17) is 0 Å². The van der Waals surface area contributed by atoms with Crippen LogP contribution in [0.3, 0.4) is 0 Å². The quantitative estimate of drug-likeness (QED) is 0.170. The van der Waals surface area contributed by atoms with Crippen molar-refractivity contribution in [3.8, 4) is 0 Å². The average Bonchev–Trinajstić information content (AvgIpc) is 2.85. The summed E-state index contributed by atoms with van der Waals surface area (Å²) in [6.07, 6.45) is 0. The smallest absolute Gasteiger partial charge is 0.269 e. The molecule has 4 aromatic rings. The van der Waals surface area contributed by atoms with E-state index in [2.05, 4.69) is 42.2 Å². The molecule has 35 heavy (non-hydrogen) atoms. The van der Waals surface area contributed by atoms with Crippen LogP contribution < -0.4 is 16.1 Å². The summed E-state index contributed by atoms with van der Waals surface area (Å²) in [6, 6.07) is 21.8.